The van der Waals surface area contributed by atoms with Crippen LogP contribution in [0.25, 0.3) is 0 Å². The van der Waals surface area contributed by atoms with Gasteiger partial charge in [0.15, 0.2) is 0 Å². The van der Waals surface area contributed by atoms with E-state index in [1.807, 2.05) is 0 Å². The second-order valence-corrected chi connectivity index (χ2v) is 8.74. The van der Waals surface area contributed by atoms with Crippen LogP contribution in [0.2, 0.25) is 0 Å². The highest BCUT2D eigenvalue weighted by Crippen LogP contribution is 2.30. The van der Waals surface area contributed by atoms with E-state index < -0.39 is 10.0 Å². The Hall–Kier alpha value is -0.130. The fourth-order valence-electron chi connectivity index (χ4n) is 3.81. The Kier molecular flexibility index (Phi) is 5.87. The number of aliphatic hydroxyl groups is 1. The third kappa shape index (κ3) is 5.01. The summed E-state index contributed by atoms with van der Waals surface area (Å²) in [5.41, 5.74) is 0. The monoisotopic (exact) mass is 303 g/mol. The molecule has 0 aromatic rings. The highest BCUT2D eigenvalue weighted by Gasteiger charge is 2.28. The van der Waals surface area contributed by atoms with Crippen LogP contribution in [0.5, 0.6) is 0 Å². The Morgan fingerprint density at radius 3 is 2.30 bits per heavy atom. The van der Waals surface area contributed by atoms with Crippen molar-refractivity contribution >= 4 is 10.0 Å². The van der Waals surface area contributed by atoms with Crippen LogP contribution in [0.4, 0.5) is 0 Å². The molecular weight excluding hydrogens is 274 g/mol. The summed E-state index contributed by atoms with van der Waals surface area (Å²) < 4.78 is 24.8. The van der Waals surface area contributed by atoms with Crippen LogP contribution in [-0.4, -0.2) is 43.3 Å². The lowest BCUT2D eigenvalue weighted by molar-refractivity contribution is 0.0911. The number of aliphatic hydroxyl groups excluding tert-OH is 1. The largest absolute Gasteiger partial charge is 0.393 e. The predicted octanol–water partition coefficient (Wildman–Crippen LogP) is 2.38. The highest BCUT2D eigenvalue weighted by molar-refractivity contribution is 7.88. The van der Waals surface area contributed by atoms with Crippen LogP contribution in [-0.2, 0) is 10.0 Å². The number of hydrogen-bond acceptors (Lipinski definition) is 3. The number of nitrogens with zero attached hydrogens (tertiary/aromatic N) is 1. The van der Waals surface area contributed by atoms with Crippen molar-refractivity contribution in [2.45, 2.75) is 63.9 Å². The van der Waals surface area contributed by atoms with Gasteiger partial charge in [-0.25, -0.2) is 12.7 Å². The zero-order valence-corrected chi connectivity index (χ0v) is 13.4. The van der Waals surface area contributed by atoms with Crippen molar-refractivity contribution in [1.82, 2.24) is 4.31 Å². The number of sulfonamides is 1. The zero-order valence-electron chi connectivity index (χ0n) is 12.6. The van der Waals surface area contributed by atoms with Crippen LogP contribution in [0, 0.1) is 11.8 Å². The second kappa shape index (κ2) is 7.23. The Balaban J connectivity index is 1.77. The minimum Gasteiger partial charge on any atom is -0.393 e. The van der Waals surface area contributed by atoms with Gasteiger partial charge >= 0.3 is 0 Å². The molecule has 1 heterocycles. The molecular formula is C15H29NO3S. The van der Waals surface area contributed by atoms with Gasteiger partial charge in [0.25, 0.3) is 0 Å². The van der Waals surface area contributed by atoms with E-state index in [4.69, 9.17) is 0 Å². The van der Waals surface area contributed by atoms with Gasteiger partial charge in [-0.15, -0.1) is 0 Å². The third-order valence-corrected chi connectivity index (χ3v) is 6.16. The summed E-state index contributed by atoms with van der Waals surface area (Å²) in [5.74, 6) is 1.02. The first kappa shape index (κ1) is 16.2. The first-order chi connectivity index (χ1) is 9.45. The standard InChI is InChI=1S/C15H29NO3S/c1-20(18,19)16-9-5-8-14(12-16)11-15(17)10-13-6-3-2-4-7-13/h13-15,17H,2-12H2,1H3. The average Bonchev–Trinajstić information content (AvgIpc) is 2.39. The van der Waals surface area contributed by atoms with Crippen LogP contribution >= 0.6 is 0 Å². The summed E-state index contributed by atoms with van der Waals surface area (Å²) >= 11 is 0. The van der Waals surface area contributed by atoms with Gasteiger partial charge in [0, 0.05) is 13.1 Å². The molecule has 2 atom stereocenters. The Morgan fingerprint density at radius 2 is 1.65 bits per heavy atom. The van der Waals surface area contributed by atoms with Crippen molar-refractivity contribution in [3.05, 3.63) is 0 Å². The molecule has 118 valence electrons. The Labute approximate surface area is 123 Å². The van der Waals surface area contributed by atoms with Gasteiger partial charge in [-0.2, -0.15) is 0 Å². The highest BCUT2D eigenvalue weighted by atomic mass is 32.2. The van der Waals surface area contributed by atoms with Gasteiger partial charge in [0.1, 0.15) is 0 Å². The van der Waals surface area contributed by atoms with Crippen molar-refractivity contribution in [2.24, 2.45) is 11.8 Å². The van der Waals surface area contributed by atoms with Crippen molar-refractivity contribution in [3.8, 4) is 0 Å². The van der Waals surface area contributed by atoms with Crippen LogP contribution in [0.1, 0.15) is 57.8 Å². The number of piperidine rings is 1. The van der Waals surface area contributed by atoms with E-state index >= 15 is 0 Å². The fourth-order valence-corrected chi connectivity index (χ4v) is 4.75. The minimum absolute atomic E-state index is 0.248. The molecule has 0 radical (unpaired) electrons. The predicted molar refractivity (Wildman–Crippen MR) is 81.0 cm³/mol. The molecule has 1 aliphatic carbocycles. The molecule has 1 saturated heterocycles. The molecule has 2 rings (SSSR count). The van der Waals surface area contributed by atoms with Gasteiger partial charge in [0.2, 0.25) is 10.0 Å². The molecule has 0 spiro atoms. The Morgan fingerprint density at radius 1 is 1.05 bits per heavy atom. The van der Waals surface area contributed by atoms with E-state index in [2.05, 4.69) is 0 Å². The van der Waals surface area contributed by atoms with E-state index in [9.17, 15) is 13.5 Å². The smallest absolute Gasteiger partial charge is 0.211 e. The van der Waals surface area contributed by atoms with Crippen LogP contribution in [0.15, 0.2) is 0 Å². The molecule has 2 unspecified atom stereocenters. The van der Waals surface area contributed by atoms with E-state index in [1.165, 1.54) is 38.4 Å². The van der Waals surface area contributed by atoms with Crippen molar-refractivity contribution in [1.29, 1.82) is 0 Å². The third-order valence-electron chi connectivity index (χ3n) is 4.89. The summed E-state index contributed by atoms with van der Waals surface area (Å²) in [6, 6.07) is 0. The van der Waals surface area contributed by atoms with E-state index in [-0.39, 0.29) is 6.10 Å². The van der Waals surface area contributed by atoms with Crippen molar-refractivity contribution in [2.75, 3.05) is 19.3 Å². The maximum atomic E-state index is 11.6. The first-order valence-corrected chi connectivity index (χ1v) is 9.93. The first-order valence-electron chi connectivity index (χ1n) is 8.08. The number of hydrogen-bond donors (Lipinski definition) is 1. The van der Waals surface area contributed by atoms with Crippen molar-refractivity contribution in [3.63, 3.8) is 0 Å². The number of rotatable bonds is 5. The molecule has 1 N–H and O–H groups in total. The molecule has 0 aromatic heterocycles. The molecule has 0 amide bonds. The van der Waals surface area contributed by atoms with Gasteiger partial charge in [-0.3, -0.25) is 0 Å². The molecule has 20 heavy (non-hydrogen) atoms. The summed E-state index contributed by atoms with van der Waals surface area (Å²) in [6.45, 7) is 1.24. The molecule has 4 nitrogen and oxygen atoms in total. The molecule has 0 bridgehead atoms. The van der Waals surface area contributed by atoms with E-state index in [0.717, 1.165) is 25.7 Å². The fraction of sp³-hybridized carbons (Fsp3) is 1.00. The maximum Gasteiger partial charge on any atom is 0.211 e. The molecule has 2 aliphatic rings. The summed E-state index contributed by atoms with van der Waals surface area (Å²) in [6.07, 6.45) is 11.2. The van der Waals surface area contributed by atoms with Gasteiger partial charge < -0.3 is 5.11 Å². The lowest BCUT2D eigenvalue weighted by atomic mass is 9.83. The van der Waals surface area contributed by atoms with Crippen LogP contribution in [0.3, 0.4) is 0 Å². The summed E-state index contributed by atoms with van der Waals surface area (Å²) in [7, 11) is -3.07. The lowest BCUT2D eigenvalue weighted by Crippen LogP contribution is -2.40. The molecule has 1 aliphatic heterocycles. The van der Waals surface area contributed by atoms with Crippen molar-refractivity contribution < 1.29 is 13.5 Å². The van der Waals surface area contributed by atoms with E-state index in [1.54, 1.807) is 4.31 Å². The average molecular weight is 303 g/mol. The van der Waals surface area contributed by atoms with Gasteiger partial charge in [-0.1, -0.05) is 32.1 Å². The lowest BCUT2D eigenvalue weighted by Gasteiger charge is -2.33. The molecule has 1 saturated carbocycles. The topological polar surface area (TPSA) is 57.6 Å². The SMILES string of the molecule is CS(=O)(=O)N1CCCC(CC(O)CC2CCCCC2)C1. The van der Waals surface area contributed by atoms with Crippen LogP contribution < -0.4 is 0 Å². The minimum atomic E-state index is -3.07. The molecule has 5 heteroatoms. The quantitative estimate of drug-likeness (QED) is 0.848. The van der Waals surface area contributed by atoms with E-state index in [0.29, 0.717) is 24.9 Å². The summed E-state index contributed by atoms with van der Waals surface area (Å²) in [4.78, 5) is 0. The Bertz CT molecular complexity index is 390. The zero-order chi connectivity index (χ0) is 14.6. The van der Waals surface area contributed by atoms with Gasteiger partial charge in [-0.05, 0) is 37.5 Å². The van der Waals surface area contributed by atoms with Gasteiger partial charge in [0.05, 0.1) is 12.4 Å². The molecule has 0 aromatic carbocycles. The summed E-state index contributed by atoms with van der Waals surface area (Å²) in [5, 5.41) is 10.3. The normalized spacial score (nSPS) is 28.4. The second-order valence-electron chi connectivity index (χ2n) is 6.76. The molecule has 2 fully saturated rings. The maximum absolute atomic E-state index is 11.6.